The highest BCUT2D eigenvalue weighted by atomic mass is 16.5. The van der Waals surface area contributed by atoms with Gasteiger partial charge in [0.1, 0.15) is 18.7 Å². The first-order chi connectivity index (χ1) is 10.0. The molecule has 0 radical (unpaired) electrons. The summed E-state index contributed by atoms with van der Waals surface area (Å²) in [4.78, 5) is 14.9. The van der Waals surface area contributed by atoms with Crippen molar-refractivity contribution in [1.82, 2.24) is 14.8 Å². The average Bonchev–Trinajstić information content (AvgIpc) is 2.82. The van der Waals surface area contributed by atoms with Crippen LogP contribution >= 0.6 is 0 Å². The third-order valence-corrected chi connectivity index (χ3v) is 2.86. The smallest absolute Gasteiger partial charge is 0.307 e. The van der Waals surface area contributed by atoms with Gasteiger partial charge in [-0.05, 0) is 23.6 Å². The molecule has 0 bridgehead atoms. The molecular formula is C15H19N3O3. The van der Waals surface area contributed by atoms with E-state index in [1.54, 1.807) is 24.3 Å². The molecule has 112 valence electrons. The highest BCUT2D eigenvalue weighted by Gasteiger charge is 2.08. The number of carboxylic acid groups (broad SMARTS) is 1. The molecule has 0 saturated heterocycles. The Morgan fingerprint density at radius 1 is 1.43 bits per heavy atom. The molecule has 1 aromatic heterocycles. The van der Waals surface area contributed by atoms with Crippen molar-refractivity contribution in [3.05, 3.63) is 42.0 Å². The molecular weight excluding hydrogens is 270 g/mol. The van der Waals surface area contributed by atoms with E-state index in [2.05, 4.69) is 23.9 Å². The molecule has 0 unspecified atom stereocenters. The van der Waals surface area contributed by atoms with Crippen LogP contribution in [0.4, 0.5) is 0 Å². The van der Waals surface area contributed by atoms with Crippen molar-refractivity contribution in [3.63, 3.8) is 0 Å². The molecule has 0 spiro atoms. The standard InChI is InChI=1S/C15H19N3O3/c1-11(2)8-18-14(16-10-17-18)9-21-13-5-3-4-12(6-13)7-15(19)20/h3-6,10-11H,7-9H2,1-2H3,(H,19,20). The van der Waals surface area contributed by atoms with Crippen molar-refractivity contribution < 1.29 is 14.6 Å². The number of rotatable bonds is 7. The monoisotopic (exact) mass is 289 g/mol. The van der Waals surface area contributed by atoms with Gasteiger partial charge in [0, 0.05) is 6.54 Å². The molecule has 1 heterocycles. The largest absolute Gasteiger partial charge is 0.486 e. The number of aromatic nitrogens is 3. The van der Waals surface area contributed by atoms with Crippen molar-refractivity contribution in [2.24, 2.45) is 5.92 Å². The second-order valence-corrected chi connectivity index (χ2v) is 5.26. The number of nitrogens with zero attached hydrogens (tertiary/aromatic N) is 3. The van der Waals surface area contributed by atoms with E-state index < -0.39 is 5.97 Å². The van der Waals surface area contributed by atoms with Crippen molar-refractivity contribution in [2.45, 2.75) is 33.4 Å². The zero-order chi connectivity index (χ0) is 15.2. The maximum Gasteiger partial charge on any atom is 0.307 e. The van der Waals surface area contributed by atoms with Crippen LogP contribution in [-0.2, 0) is 24.4 Å². The van der Waals surface area contributed by atoms with Crippen LogP contribution in [-0.4, -0.2) is 25.8 Å². The van der Waals surface area contributed by atoms with Crippen molar-refractivity contribution >= 4 is 5.97 Å². The Kier molecular flexibility index (Phi) is 4.92. The molecule has 0 aliphatic carbocycles. The summed E-state index contributed by atoms with van der Waals surface area (Å²) in [6.45, 7) is 5.32. The maximum atomic E-state index is 10.7. The summed E-state index contributed by atoms with van der Waals surface area (Å²) in [5, 5.41) is 13.0. The summed E-state index contributed by atoms with van der Waals surface area (Å²) in [6.07, 6.45) is 1.50. The van der Waals surface area contributed by atoms with E-state index in [1.807, 2.05) is 4.68 Å². The first kappa shape index (κ1) is 15.0. The quantitative estimate of drug-likeness (QED) is 0.845. The maximum absolute atomic E-state index is 10.7. The summed E-state index contributed by atoms with van der Waals surface area (Å²) in [7, 11) is 0. The number of carboxylic acids is 1. The molecule has 0 amide bonds. The lowest BCUT2D eigenvalue weighted by Gasteiger charge is -2.10. The Morgan fingerprint density at radius 2 is 2.24 bits per heavy atom. The molecule has 0 atom stereocenters. The fourth-order valence-electron chi connectivity index (χ4n) is 1.97. The van der Waals surface area contributed by atoms with Gasteiger partial charge in [0.05, 0.1) is 6.42 Å². The molecule has 1 aromatic carbocycles. The minimum absolute atomic E-state index is 0.0132. The van der Waals surface area contributed by atoms with Crippen LogP contribution < -0.4 is 4.74 Å². The van der Waals surface area contributed by atoms with Gasteiger partial charge in [-0.25, -0.2) is 9.67 Å². The topological polar surface area (TPSA) is 77.2 Å². The van der Waals surface area contributed by atoms with E-state index in [-0.39, 0.29) is 6.42 Å². The zero-order valence-electron chi connectivity index (χ0n) is 12.2. The van der Waals surface area contributed by atoms with Gasteiger partial charge in [-0.15, -0.1) is 0 Å². The van der Waals surface area contributed by atoms with Gasteiger partial charge in [0.2, 0.25) is 0 Å². The number of hydrogen-bond donors (Lipinski definition) is 1. The Hall–Kier alpha value is -2.37. The molecule has 0 saturated carbocycles. The molecule has 2 rings (SSSR count). The zero-order valence-corrected chi connectivity index (χ0v) is 12.2. The minimum atomic E-state index is -0.858. The molecule has 6 nitrogen and oxygen atoms in total. The summed E-state index contributed by atoms with van der Waals surface area (Å²) in [6, 6.07) is 7.08. The first-order valence-electron chi connectivity index (χ1n) is 6.85. The highest BCUT2D eigenvalue weighted by Crippen LogP contribution is 2.15. The normalized spacial score (nSPS) is 10.8. The fraction of sp³-hybridized carbons (Fsp3) is 0.400. The Balaban J connectivity index is 2.00. The molecule has 6 heteroatoms. The van der Waals surface area contributed by atoms with E-state index in [0.29, 0.717) is 23.8 Å². The van der Waals surface area contributed by atoms with Crippen molar-refractivity contribution in [1.29, 1.82) is 0 Å². The molecule has 1 N–H and O–H groups in total. The van der Waals surface area contributed by atoms with Gasteiger partial charge in [0.25, 0.3) is 0 Å². The molecule has 0 fully saturated rings. The Labute approximate surface area is 123 Å². The number of hydrogen-bond acceptors (Lipinski definition) is 4. The lowest BCUT2D eigenvalue weighted by atomic mass is 10.1. The van der Waals surface area contributed by atoms with Crippen LogP contribution in [0.25, 0.3) is 0 Å². The summed E-state index contributed by atoms with van der Waals surface area (Å²) >= 11 is 0. The van der Waals surface area contributed by atoms with E-state index in [9.17, 15) is 4.79 Å². The lowest BCUT2D eigenvalue weighted by Crippen LogP contribution is -2.12. The van der Waals surface area contributed by atoms with Crippen LogP contribution in [0.5, 0.6) is 5.75 Å². The summed E-state index contributed by atoms with van der Waals surface area (Å²) < 4.78 is 7.50. The van der Waals surface area contributed by atoms with Crippen LogP contribution in [0.3, 0.4) is 0 Å². The third-order valence-electron chi connectivity index (χ3n) is 2.86. The van der Waals surface area contributed by atoms with Gasteiger partial charge in [-0.3, -0.25) is 4.79 Å². The van der Waals surface area contributed by atoms with Crippen molar-refractivity contribution in [2.75, 3.05) is 0 Å². The predicted octanol–water partition coefficient (Wildman–Crippen LogP) is 2.14. The molecule has 2 aromatic rings. The van der Waals surface area contributed by atoms with E-state index in [0.717, 1.165) is 12.4 Å². The van der Waals surface area contributed by atoms with Gasteiger partial charge in [-0.2, -0.15) is 5.10 Å². The lowest BCUT2D eigenvalue weighted by molar-refractivity contribution is -0.136. The molecule has 21 heavy (non-hydrogen) atoms. The number of ether oxygens (including phenoxy) is 1. The Morgan fingerprint density at radius 3 is 2.95 bits per heavy atom. The summed E-state index contributed by atoms with van der Waals surface area (Å²) in [5.41, 5.74) is 0.712. The second-order valence-electron chi connectivity index (χ2n) is 5.26. The van der Waals surface area contributed by atoms with Gasteiger partial charge in [0.15, 0.2) is 5.82 Å². The van der Waals surface area contributed by atoms with Crippen LogP contribution in [0, 0.1) is 5.92 Å². The van der Waals surface area contributed by atoms with E-state index >= 15 is 0 Å². The van der Waals surface area contributed by atoms with E-state index in [1.165, 1.54) is 6.33 Å². The first-order valence-corrected chi connectivity index (χ1v) is 6.85. The van der Waals surface area contributed by atoms with Crippen LogP contribution in [0.1, 0.15) is 25.2 Å². The third kappa shape index (κ3) is 4.59. The van der Waals surface area contributed by atoms with Crippen LogP contribution in [0.15, 0.2) is 30.6 Å². The predicted molar refractivity (Wildman–Crippen MR) is 77.0 cm³/mol. The number of carbonyl (C=O) groups is 1. The molecule has 0 aliphatic heterocycles. The van der Waals surface area contributed by atoms with Gasteiger partial charge in [-0.1, -0.05) is 26.0 Å². The summed E-state index contributed by atoms with van der Waals surface area (Å²) in [5.74, 6) is 1.01. The van der Waals surface area contributed by atoms with Crippen LogP contribution in [0.2, 0.25) is 0 Å². The van der Waals surface area contributed by atoms with Gasteiger partial charge < -0.3 is 9.84 Å². The van der Waals surface area contributed by atoms with Crippen molar-refractivity contribution in [3.8, 4) is 5.75 Å². The molecule has 0 aliphatic rings. The fourth-order valence-corrected chi connectivity index (χ4v) is 1.97. The second kappa shape index (κ2) is 6.88. The van der Waals surface area contributed by atoms with Gasteiger partial charge >= 0.3 is 5.97 Å². The average molecular weight is 289 g/mol. The van der Waals surface area contributed by atoms with E-state index in [4.69, 9.17) is 9.84 Å². The highest BCUT2D eigenvalue weighted by molar-refractivity contribution is 5.70. The SMILES string of the molecule is CC(C)Cn1ncnc1COc1cccc(CC(=O)O)c1. The number of benzene rings is 1. The minimum Gasteiger partial charge on any atom is -0.486 e. The number of aliphatic carboxylic acids is 1. The Bertz CT molecular complexity index is 608.